The summed E-state index contributed by atoms with van der Waals surface area (Å²) in [5.41, 5.74) is 5.47. The smallest absolute Gasteiger partial charge is 0.0516 e. The van der Waals surface area contributed by atoms with Crippen LogP contribution in [0.15, 0.2) is 46.9 Å². The predicted molar refractivity (Wildman–Crippen MR) is 89.2 cm³/mol. The molecule has 2 aromatic carbocycles. The second-order valence-corrected chi connectivity index (χ2v) is 6.48. The molecule has 20 heavy (non-hydrogen) atoms. The number of rotatable bonds is 2. The van der Waals surface area contributed by atoms with Crippen molar-refractivity contribution < 1.29 is 0 Å². The SMILES string of the molecule is Cc1ccc(Br)c(NC2CCCCc3ccccc32)c1. The minimum absolute atomic E-state index is 0.423. The molecule has 0 saturated carbocycles. The van der Waals surface area contributed by atoms with E-state index in [-0.39, 0.29) is 0 Å². The number of benzene rings is 2. The van der Waals surface area contributed by atoms with E-state index in [0.29, 0.717) is 6.04 Å². The van der Waals surface area contributed by atoms with Gasteiger partial charge in [0.25, 0.3) is 0 Å². The molecule has 0 fully saturated rings. The van der Waals surface area contributed by atoms with Crippen molar-refractivity contribution >= 4 is 21.6 Å². The first-order valence-corrected chi connectivity index (χ1v) is 8.14. The number of anilines is 1. The molecule has 2 aromatic rings. The lowest BCUT2D eigenvalue weighted by Gasteiger charge is -2.21. The van der Waals surface area contributed by atoms with Gasteiger partial charge in [-0.25, -0.2) is 0 Å². The molecule has 2 heteroatoms. The zero-order valence-electron chi connectivity index (χ0n) is 11.8. The van der Waals surface area contributed by atoms with Gasteiger partial charge in [0, 0.05) is 10.2 Å². The van der Waals surface area contributed by atoms with Crippen molar-refractivity contribution in [3.63, 3.8) is 0 Å². The van der Waals surface area contributed by atoms with Crippen LogP contribution in [0.4, 0.5) is 5.69 Å². The summed E-state index contributed by atoms with van der Waals surface area (Å²) in [6, 6.07) is 15.8. The van der Waals surface area contributed by atoms with Crippen molar-refractivity contribution in [1.29, 1.82) is 0 Å². The molecule has 1 aliphatic rings. The van der Waals surface area contributed by atoms with Crippen LogP contribution < -0.4 is 5.32 Å². The van der Waals surface area contributed by atoms with Gasteiger partial charge in [-0.2, -0.15) is 0 Å². The van der Waals surface area contributed by atoms with E-state index in [1.54, 1.807) is 0 Å². The zero-order valence-corrected chi connectivity index (χ0v) is 13.4. The summed E-state index contributed by atoms with van der Waals surface area (Å²) in [6.45, 7) is 2.14. The van der Waals surface area contributed by atoms with Gasteiger partial charge in [-0.05, 0) is 70.9 Å². The highest BCUT2D eigenvalue weighted by molar-refractivity contribution is 9.10. The van der Waals surface area contributed by atoms with E-state index in [2.05, 4.69) is 70.6 Å². The van der Waals surface area contributed by atoms with Crippen molar-refractivity contribution in [3.05, 3.63) is 63.6 Å². The van der Waals surface area contributed by atoms with Crippen LogP contribution in [-0.4, -0.2) is 0 Å². The Labute approximate surface area is 129 Å². The summed E-state index contributed by atoms with van der Waals surface area (Å²) < 4.78 is 1.14. The Morgan fingerprint density at radius 1 is 1.10 bits per heavy atom. The van der Waals surface area contributed by atoms with E-state index in [0.717, 1.165) is 4.47 Å². The highest BCUT2D eigenvalue weighted by atomic mass is 79.9. The molecule has 0 heterocycles. The van der Waals surface area contributed by atoms with Crippen LogP contribution in [0.2, 0.25) is 0 Å². The zero-order chi connectivity index (χ0) is 13.9. The van der Waals surface area contributed by atoms with Gasteiger partial charge in [-0.15, -0.1) is 0 Å². The fourth-order valence-electron chi connectivity index (χ4n) is 3.01. The van der Waals surface area contributed by atoms with Gasteiger partial charge in [-0.1, -0.05) is 36.8 Å². The summed E-state index contributed by atoms with van der Waals surface area (Å²) >= 11 is 3.65. The van der Waals surface area contributed by atoms with E-state index in [1.807, 2.05) is 0 Å². The summed E-state index contributed by atoms with van der Waals surface area (Å²) in [5, 5.41) is 3.74. The number of halogens is 1. The Bertz CT molecular complexity index is 606. The molecule has 1 unspecified atom stereocenters. The molecule has 1 N–H and O–H groups in total. The molecule has 0 aliphatic heterocycles. The number of nitrogens with one attached hydrogen (secondary N) is 1. The van der Waals surface area contributed by atoms with Crippen LogP contribution in [0.25, 0.3) is 0 Å². The summed E-state index contributed by atoms with van der Waals surface area (Å²) in [6.07, 6.45) is 5.00. The first-order valence-electron chi connectivity index (χ1n) is 7.34. The van der Waals surface area contributed by atoms with E-state index in [4.69, 9.17) is 0 Å². The Kier molecular flexibility index (Phi) is 4.11. The Morgan fingerprint density at radius 3 is 2.85 bits per heavy atom. The largest absolute Gasteiger partial charge is 0.377 e. The topological polar surface area (TPSA) is 12.0 Å². The lowest BCUT2D eigenvalue weighted by Crippen LogP contribution is -2.11. The number of aryl methyl sites for hydroxylation is 2. The first-order chi connectivity index (χ1) is 9.74. The van der Waals surface area contributed by atoms with Crippen molar-refractivity contribution in [2.45, 2.75) is 38.6 Å². The molecule has 3 rings (SSSR count). The van der Waals surface area contributed by atoms with E-state index in [9.17, 15) is 0 Å². The van der Waals surface area contributed by atoms with Crippen LogP contribution in [0, 0.1) is 6.92 Å². The van der Waals surface area contributed by atoms with E-state index < -0.39 is 0 Å². The lowest BCUT2D eigenvalue weighted by molar-refractivity contribution is 0.644. The van der Waals surface area contributed by atoms with Crippen LogP contribution in [-0.2, 0) is 6.42 Å². The van der Waals surface area contributed by atoms with Gasteiger partial charge < -0.3 is 5.32 Å². The van der Waals surface area contributed by atoms with Crippen LogP contribution >= 0.6 is 15.9 Å². The molecule has 1 atom stereocenters. The van der Waals surface area contributed by atoms with Crippen LogP contribution in [0.5, 0.6) is 0 Å². The second kappa shape index (κ2) is 6.01. The van der Waals surface area contributed by atoms with Gasteiger partial charge in [0.15, 0.2) is 0 Å². The summed E-state index contributed by atoms with van der Waals surface area (Å²) in [7, 11) is 0. The molecular weight excluding hydrogens is 310 g/mol. The standard InChI is InChI=1S/C18H20BrN/c1-13-10-11-16(19)18(12-13)20-17-9-5-3-7-14-6-2-4-8-15(14)17/h2,4,6,8,10-12,17,20H,3,5,7,9H2,1H3. The van der Waals surface area contributed by atoms with Gasteiger partial charge in [-0.3, -0.25) is 0 Å². The minimum Gasteiger partial charge on any atom is -0.377 e. The second-order valence-electron chi connectivity index (χ2n) is 5.62. The molecule has 0 radical (unpaired) electrons. The average molecular weight is 330 g/mol. The number of hydrogen-bond donors (Lipinski definition) is 1. The van der Waals surface area contributed by atoms with Gasteiger partial charge in [0.05, 0.1) is 6.04 Å². The average Bonchev–Trinajstić information content (AvgIpc) is 2.66. The van der Waals surface area contributed by atoms with Gasteiger partial charge in [0.1, 0.15) is 0 Å². The Morgan fingerprint density at radius 2 is 1.95 bits per heavy atom. The summed E-state index contributed by atoms with van der Waals surface area (Å²) in [4.78, 5) is 0. The molecule has 104 valence electrons. The van der Waals surface area contributed by atoms with Crippen molar-refractivity contribution in [2.75, 3.05) is 5.32 Å². The maximum atomic E-state index is 3.74. The third kappa shape index (κ3) is 2.90. The number of fused-ring (bicyclic) bond motifs is 1. The molecule has 0 saturated heterocycles. The normalized spacial score (nSPS) is 18.2. The van der Waals surface area contributed by atoms with Crippen LogP contribution in [0.1, 0.15) is 42.0 Å². The van der Waals surface area contributed by atoms with Gasteiger partial charge >= 0.3 is 0 Å². The fraction of sp³-hybridized carbons (Fsp3) is 0.333. The Hall–Kier alpha value is -1.28. The minimum atomic E-state index is 0.423. The fourth-order valence-corrected chi connectivity index (χ4v) is 3.37. The molecule has 1 nitrogen and oxygen atoms in total. The third-order valence-corrected chi connectivity index (χ3v) is 4.76. The van der Waals surface area contributed by atoms with E-state index >= 15 is 0 Å². The molecule has 1 aliphatic carbocycles. The highest BCUT2D eigenvalue weighted by Crippen LogP contribution is 2.34. The summed E-state index contributed by atoms with van der Waals surface area (Å²) in [5.74, 6) is 0. The number of hydrogen-bond acceptors (Lipinski definition) is 1. The molecular formula is C18H20BrN. The first kappa shape index (κ1) is 13.7. The molecule has 0 spiro atoms. The van der Waals surface area contributed by atoms with Gasteiger partial charge in [0.2, 0.25) is 0 Å². The molecule has 0 amide bonds. The third-order valence-electron chi connectivity index (χ3n) is 4.07. The maximum absolute atomic E-state index is 3.74. The van der Waals surface area contributed by atoms with Crippen molar-refractivity contribution in [3.8, 4) is 0 Å². The van der Waals surface area contributed by atoms with Crippen molar-refractivity contribution in [1.82, 2.24) is 0 Å². The maximum Gasteiger partial charge on any atom is 0.0516 e. The lowest BCUT2D eigenvalue weighted by atomic mass is 9.99. The van der Waals surface area contributed by atoms with Crippen molar-refractivity contribution in [2.24, 2.45) is 0 Å². The highest BCUT2D eigenvalue weighted by Gasteiger charge is 2.18. The monoisotopic (exact) mass is 329 g/mol. The predicted octanol–water partition coefficient (Wildman–Crippen LogP) is 5.64. The molecule has 0 aromatic heterocycles. The quantitative estimate of drug-likeness (QED) is 0.703. The van der Waals surface area contributed by atoms with Crippen LogP contribution in [0.3, 0.4) is 0 Å². The Balaban J connectivity index is 1.92. The van der Waals surface area contributed by atoms with E-state index in [1.165, 1.54) is 48.1 Å². The molecule has 0 bridgehead atoms.